The molecule has 1 aliphatic rings. The molecular formula is C24H35N7. The van der Waals surface area contributed by atoms with E-state index < -0.39 is 0 Å². The SMILES string of the molecule is CCN(CC)CCN(CCN1CCCCC1)c1ccc(-c2nc3ncncc3[nH]2)cc1. The number of piperidine rings is 1. The zero-order valence-corrected chi connectivity index (χ0v) is 18.9. The van der Waals surface area contributed by atoms with Crippen LogP contribution in [0.5, 0.6) is 0 Å². The van der Waals surface area contributed by atoms with Crippen molar-refractivity contribution in [3.05, 3.63) is 36.8 Å². The first kappa shape index (κ1) is 21.7. The number of fused-ring (bicyclic) bond motifs is 1. The number of anilines is 1. The lowest BCUT2D eigenvalue weighted by Gasteiger charge is -2.32. The first-order valence-corrected chi connectivity index (χ1v) is 11.7. The Morgan fingerprint density at radius 3 is 2.45 bits per heavy atom. The van der Waals surface area contributed by atoms with Crippen LogP contribution in [0.4, 0.5) is 5.69 Å². The van der Waals surface area contributed by atoms with Crippen LogP contribution in [0.15, 0.2) is 36.8 Å². The number of nitrogens with zero attached hydrogens (tertiary/aromatic N) is 6. The number of hydrogen-bond acceptors (Lipinski definition) is 6. The molecule has 0 saturated carbocycles. The molecule has 0 amide bonds. The molecule has 1 aliphatic heterocycles. The number of likely N-dealkylation sites (N-methyl/N-ethyl adjacent to an activating group) is 1. The van der Waals surface area contributed by atoms with E-state index in [1.165, 1.54) is 44.4 Å². The lowest BCUT2D eigenvalue weighted by atomic mass is 10.1. The van der Waals surface area contributed by atoms with Crippen LogP contribution in [-0.4, -0.2) is 82.1 Å². The molecule has 0 unspecified atom stereocenters. The number of imidazole rings is 1. The van der Waals surface area contributed by atoms with Crippen molar-refractivity contribution in [3.8, 4) is 11.4 Å². The van der Waals surface area contributed by atoms with Gasteiger partial charge in [-0.05, 0) is 63.3 Å². The maximum atomic E-state index is 4.60. The lowest BCUT2D eigenvalue weighted by Crippen LogP contribution is -2.41. The van der Waals surface area contributed by atoms with E-state index in [4.69, 9.17) is 0 Å². The molecule has 3 heterocycles. The Bertz CT molecular complexity index is 894. The van der Waals surface area contributed by atoms with Crippen molar-refractivity contribution < 1.29 is 0 Å². The molecule has 1 fully saturated rings. The summed E-state index contributed by atoms with van der Waals surface area (Å²) in [5.74, 6) is 0.838. The second-order valence-electron chi connectivity index (χ2n) is 8.31. The van der Waals surface area contributed by atoms with Gasteiger partial charge in [0.1, 0.15) is 17.7 Å². The van der Waals surface area contributed by atoms with Crippen LogP contribution in [-0.2, 0) is 0 Å². The third-order valence-corrected chi connectivity index (χ3v) is 6.38. The molecule has 0 spiro atoms. The normalized spacial score (nSPS) is 15.1. The van der Waals surface area contributed by atoms with Crippen molar-refractivity contribution in [3.63, 3.8) is 0 Å². The van der Waals surface area contributed by atoms with Gasteiger partial charge in [0.05, 0.1) is 6.20 Å². The third kappa shape index (κ3) is 5.60. The van der Waals surface area contributed by atoms with E-state index in [0.717, 1.165) is 56.2 Å². The van der Waals surface area contributed by atoms with E-state index in [2.05, 4.69) is 72.7 Å². The topological polar surface area (TPSA) is 64.2 Å². The van der Waals surface area contributed by atoms with Crippen LogP contribution in [0.25, 0.3) is 22.6 Å². The van der Waals surface area contributed by atoms with Crippen molar-refractivity contribution in [2.75, 3.05) is 57.3 Å². The standard InChI is InChI=1S/C24H35N7/c1-3-29(4-2)14-16-31(17-15-30-12-6-5-7-13-30)21-10-8-20(9-11-21)23-27-22-18-25-19-26-24(22)28-23/h8-11,18-19H,3-7,12-17H2,1-2H3,(H,25,26,27,28). The van der Waals surface area contributed by atoms with Gasteiger partial charge in [0.2, 0.25) is 0 Å². The van der Waals surface area contributed by atoms with Gasteiger partial charge in [-0.25, -0.2) is 15.0 Å². The number of rotatable bonds is 10. The third-order valence-electron chi connectivity index (χ3n) is 6.38. The van der Waals surface area contributed by atoms with Gasteiger partial charge in [0.25, 0.3) is 0 Å². The highest BCUT2D eigenvalue weighted by molar-refractivity contribution is 5.75. The second kappa shape index (κ2) is 10.7. The van der Waals surface area contributed by atoms with E-state index >= 15 is 0 Å². The highest BCUT2D eigenvalue weighted by atomic mass is 15.2. The Balaban J connectivity index is 1.47. The zero-order valence-electron chi connectivity index (χ0n) is 18.9. The molecule has 1 N–H and O–H groups in total. The molecule has 0 aliphatic carbocycles. The van der Waals surface area contributed by atoms with Gasteiger partial charge in [0.15, 0.2) is 5.65 Å². The van der Waals surface area contributed by atoms with Crippen molar-refractivity contribution >= 4 is 16.9 Å². The maximum Gasteiger partial charge on any atom is 0.181 e. The number of aromatic amines is 1. The fourth-order valence-corrected chi connectivity index (χ4v) is 4.35. The fraction of sp³-hybridized carbons (Fsp3) is 0.542. The Kier molecular flexibility index (Phi) is 7.48. The summed E-state index contributed by atoms with van der Waals surface area (Å²) in [7, 11) is 0. The Morgan fingerprint density at radius 1 is 0.968 bits per heavy atom. The monoisotopic (exact) mass is 421 g/mol. The smallest absolute Gasteiger partial charge is 0.181 e. The predicted octanol–water partition coefficient (Wildman–Crippen LogP) is 3.65. The summed E-state index contributed by atoms with van der Waals surface area (Å²) in [5, 5.41) is 0. The second-order valence-corrected chi connectivity index (χ2v) is 8.31. The van der Waals surface area contributed by atoms with Crippen LogP contribution < -0.4 is 4.90 Å². The summed E-state index contributed by atoms with van der Waals surface area (Å²) in [5.41, 5.74) is 3.92. The van der Waals surface area contributed by atoms with Gasteiger partial charge in [0, 0.05) is 37.4 Å². The first-order chi connectivity index (χ1) is 15.3. The number of hydrogen-bond donors (Lipinski definition) is 1. The van der Waals surface area contributed by atoms with Crippen LogP contribution in [0.2, 0.25) is 0 Å². The molecule has 4 rings (SSSR count). The minimum atomic E-state index is 0.705. The lowest BCUT2D eigenvalue weighted by molar-refractivity contribution is 0.231. The molecule has 31 heavy (non-hydrogen) atoms. The highest BCUT2D eigenvalue weighted by Gasteiger charge is 2.14. The molecule has 166 valence electrons. The van der Waals surface area contributed by atoms with Gasteiger partial charge >= 0.3 is 0 Å². The van der Waals surface area contributed by atoms with Crippen LogP contribution in [0.3, 0.4) is 0 Å². The maximum absolute atomic E-state index is 4.60. The van der Waals surface area contributed by atoms with Gasteiger partial charge in [-0.1, -0.05) is 20.3 Å². The quantitative estimate of drug-likeness (QED) is 0.539. The van der Waals surface area contributed by atoms with E-state index in [1.54, 1.807) is 6.20 Å². The summed E-state index contributed by atoms with van der Waals surface area (Å²) in [4.78, 5) is 23.9. The van der Waals surface area contributed by atoms with E-state index in [0.29, 0.717) is 5.65 Å². The predicted molar refractivity (Wildman–Crippen MR) is 127 cm³/mol. The minimum Gasteiger partial charge on any atom is -0.369 e. The molecule has 2 aromatic heterocycles. The summed E-state index contributed by atoms with van der Waals surface area (Å²) in [6, 6.07) is 8.77. The van der Waals surface area contributed by atoms with Crippen LogP contribution in [0.1, 0.15) is 33.1 Å². The zero-order chi connectivity index (χ0) is 21.5. The average Bonchev–Trinajstić information content (AvgIpc) is 3.27. The van der Waals surface area contributed by atoms with Crippen LogP contribution in [0, 0.1) is 0 Å². The molecule has 0 bridgehead atoms. The number of nitrogens with one attached hydrogen (secondary N) is 1. The highest BCUT2D eigenvalue weighted by Crippen LogP contribution is 2.23. The van der Waals surface area contributed by atoms with E-state index in [1.807, 2.05) is 0 Å². The summed E-state index contributed by atoms with van der Waals surface area (Å²) in [6.07, 6.45) is 7.37. The number of benzene rings is 1. The first-order valence-electron chi connectivity index (χ1n) is 11.7. The molecule has 7 heteroatoms. The molecule has 0 radical (unpaired) electrons. The summed E-state index contributed by atoms with van der Waals surface area (Å²) >= 11 is 0. The number of likely N-dealkylation sites (tertiary alicyclic amines) is 1. The van der Waals surface area contributed by atoms with Gasteiger partial charge in [-0.3, -0.25) is 0 Å². The molecule has 3 aromatic rings. The summed E-state index contributed by atoms with van der Waals surface area (Å²) in [6.45, 7) is 13.5. The van der Waals surface area contributed by atoms with Crippen molar-refractivity contribution in [1.82, 2.24) is 29.7 Å². The van der Waals surface area contributed by atoms with Crippen molar-refractivity contribution in [2.45, 2.75) is 33.1 Å². The van der Waals surface area contributed by atoms with Gasteiger partial charge in [-0.15, -0.1) is 0 Å². The van der Waals surface area contributed by atoms with Crippen LogP contribution >= 0.6 is 0 Å². The largest absolute Gasteiger partial charge is 0.369 e. The van der Waals surface area contributed by atoms with E-state index in [-0.39, 0.29) is 0 Å². The molecular weight excluding hydrogens is 386 g/mol. The molecule has 1 saturated heterocycles. The minimum absolute atomic E-state index is 0.705. The van der Waals surface area contributed by atoms with Gasteiger partial charge < -0.3 is 19.7 Å². The Morgan fingerprint density at radius 2 is 1.74 bits per heavy atom. The molecule has 1 aromatic carbocycles. The van der Waals surface area contributed by atoms with Crippen molar-refractivity contribution in [1.29, 1.82) is 0 Å². The van der Waals surface area contributed by atoms with Crippen molar-refractivity contribution in [2.24, 2.45) is 0 Å². The molecule has 0 atom stereocenters. The average molecular weight is 422 g/mol. The Labute approximate surface area is 185 Å². The number of aromatic nitrogens is 4. The fourth-order valence-electron chi connectivity index (χ4n) is 4.35. The van der Waals surface area contributed by atoms with Gasteiger partial charge in [-0.2, -0.15) is 0 Å². The molecule has 7 nitrogen and oxygen atoms in total. The number of H-pyrrole nitrogens is 1. The van der Waals surface area contributed by atoms with E-state index in [9.17, 15) is 0 Å². The Hall–Kier alpha value is -2.51. The summed E-state index contributed by atoms with van der Waals surface area (Å²) < 4.78 is 0.